The second-order valence-corrected chi connectivity index (χ2v) is 9.41. The second-order valence-electron chi connectivity index (χ2n) is 7.39. The molecule has 0 fully saturated rings. The smallest absolute Gasteiger partial charge is 0.166 e. The number of carboxylic acids is 1. The van der Waals surface area contributed by atoms with Crippen LogP contribution in [0.15, 0.2) is 93.5 Å². The molecular formula is C26H30O4S. The summed E-state index contributed by atoms with van der Waals surface area (Å²) in [6, 6.07) is 27.6. The number of hydrogen-bond donors (Lipinski definition) is 0. The normalized spacial score (nSPS) is 10.6. The number of aliphatic carboxylic acids is 1. The van der Waals surface area contributed by atoms with Crippen LogP contribution in [0.3, 0.4) is 0 Å². The van der Waals surface area contributed by atoms with Crippen LogP contribution in [0.4, 0.5) is 0 Å². The Labute approximate surface area is 188 Å². The van der Waals surface area contributed by atoms with Crippen LogP contribution in [-0.2, 0) is 15.7 Å². The van der Waals surface area contributed by atoms with E-state index in [-0.39, 0.29) is 23.1 Å². The third-order valence-corrected chi connectivity index (χ3v) is 6.07. The van der Waals surface area contributed by atoms with Crippen molar-refractivity contribution in [3.8, 4) is 11.5 Å². The van der Waals surface area contributed by atoms with E-state index in [1.165, 1.54) is 14.7 Å². The zero-order valence-electron chi connectivity index (χ0n) is 18.7. The zero-order chi connectivity index (χ0) is 22.8. The molecule has 5 heteroatoms. The van der Waals surface area contributed by atoms with E-state index in [4.69, 9.17) is 19.4 Å². The number of carbonyl (C=O) groups is 1. The molecule has 3 rings (SSSR count). The average molecular weight is 439 g/mol. The zero-order valence-corrected chi connectivity index (χ0v) is 19.5. The first-order valence-corrected chi connectivity index (χ1v) is 11.5. The predicted molar refractivity (Wildman–Crippen MR) is 124 cm³/mol. The first-order valence-electron chi connectivity index (χ1n) is 10.3. The molecule has 0 bridgehead atoms. The average Bonchev–Trinajstić information content (AvgIpc) is 2.70. The maximum atomic E-state index is 8.89. The predicted octanol–water partition coefficient (Wildman–Crippen LogP) is 5.11. The van der Waals surface area contributed by atoms with Crippen molar-refractivity contribution in [3.05, 3.63) is 78.9 Å². The highest BCUT2D eigenvalue weighted by Crippen LogP contribution is 2.33. The number of benzene rings is 3. The number of carboxylic acid groups (broad SMARTS) is 1. The molecule has 0 heterocycles. The van der Waals surface area contributed by atoms with Crippen molar-refractivity contribution >= 4 is 16.9 Å². The molecule has 0 aromatic heterocycles. The lowest BCUT2D eigenvalue weighted by Gasteiger charge is -2.12. The lowest BCUT2D eigenvalue weighted by Crippen LogP contribution is -2.16. The molecule has 164 valence electrons. The molecule has 3 aromatic carbocycles. The van der Waals surface area contributed by atoms with Gasteiger partial charge >= 0.3 is 0 Å². The quantitative estimate of drug-likeness (QED) is 0.481. The van der Waals surface area contributed by atoms with Gasteiger partial charge in [0.2, 0.25) is 0 Å². The van der Waals surface area contributed by atoms with E-state index < -0.39 is 5.97 Å². The van der Waals surface area contributed by atoms with Crippen LogP contribution >= 0.6 is 0 Å². The van der Waals surface area contributed by atoms with Gasteiger partial charge in [0.1, 0.15) is 11.5 Å². The van der Waals surface area contributed by atoms with Crippen molar-refractivity contribution in [2.45, 2.75) is 61.5 Å². The minimum absolute atomic E-state index is 0.168. The third-order valence-electron chi connectivity index (χ3n) is 3.84. The van der Waals surface area contributed by atoms with Gasteiger partial charge in [-0.25, -0.2) is 0 Å². The van der Waals surface area contributed by atoms with Crippen LogP contribution in [0.25, 0.3) is 0 Å². The maximum Gasteiger partial charge on any atom is 0.166 e. The van der Waals surface area contributed by atoms with E-state index in [1.807, 2.05) is 27.7 Å². The van der Waals surface area contributed by atoms with E-state index >= 15 is 0 Å². The highest BCUT2D eigenvalue weighted by molar-refractivity contribution is 7.97. The Morgan fingerprint density at radius 2 is 1.00 bits per heavy atom. The summed E-state index contributed by atoms with van der Waals surface area (Å²) in [6.07, 6.45) is 0.355. The monoisotopic (exact) mass is 438 g/mol. The molecule has 31 heavy (non-hydrogen) atoms. The van der Waals surface area contributed by atoms with Crippen LogP contribution in [0.5, 0.6) is 11.5 Å². The molecule has 0 unspecified atom stereocenters. The molecule has 0 aliphatic rings. The van der Waals surface area contributed by atoms with Crippen LogP contribution < -0.4 is 14.6 Å². The second kappa shape index (κ2) is 12.1. The lowest BCUT2D eigenvalue weighted by atomic mass is 10.3. The minimum Gasteiger partial charge on any atom is -0.550 e. The SMILES string of the molecule is CC(=O)[O-].CC(C)Oc1ccc([S+](c2ccccc2)c2ccc(OC(C)C)cc2)cc1. The first kappa shape index (κ1) is 24.4. The summed E-state index contributed by atoms with van der Waals surface area (Å²) < 4.78 is 11.6. The number of hydrogen-bond acceptors (Lipinski definition) is 4. The fourth-order valence-electron chi connectivity index (χ4n) is 2.82. The van der Waals surface area contributed by atoms with Crippen LogP contribution in [-0.4, -0.2) is 18.2 Å². The van der Waals surface area contributed by atoms with Gasteiger partial charge < -0.3 is 19.4 Å². The molecule has 0 N–H and O–H groups in total. The summed E-state index contributed by atoms with van der Waals surface area (Å²) in [5.41, 5.74) is 0. The van der Waals surface area contributed by atoms with Crippen LogP contribution in [0, 0.1) is 0 Å². The minimum atomic E-state index is -1.08. The Kier molecular flexibility index (Phi) is 9.47. The summed E-state index contributed by atoms with van der Waals surface area (Å²) in [4.78, 5) is 12.7. The van der Waals surface area contributed by atoms with E-state index in [0.717, 1.165) is 18.4 Å². The number of ether oxygens (including phenoxy) is 2. The van der Waals surface area contributed by atoms with Crippen molar-refractivity contribution < 1.29 is 19.4 Å². The molecule has 0 atom stereocenters. The van der Waals surface area contributed by atoms with Gasteiger partial charge in [0.15, 0.2) is 14.7 Å². The molecule has 0 saturated heterocycles. The molecular weight excluding hydrogens is 408 g/mol. The number of carbonyl (C=O) groups excluding carboxylic acids is 1. The lowest BCUT2D eigenvalue weighted by molar-refractivity contribution is -0.302. The van der Waals surface area contributed by atoms with Crippen LogP contribution in [0.2, 0.25) is 0 Å². The highest BCUT2D eigenvalue weighted by Gasteiger charge is 2.28. The number of rotatable bonds is 7. The Balaban J connectivity index is 0.000000785. The summed E-state index contributed by atoms with van der Waals surface area (Å²) >= 11 is 0. The third kappa shape index (κ3) is 8.38. The summed E-state index contributed by atoms with van der Waals surface area (Å²) in [6.45, 7) is 9.15. The molecule has 0 radical (unpaired) electrons. The Morgan fingerprint density at radius 1 is 0.677 bits per heavy atom. The van der Waals surface area contributed by atoms with Crippen molar-refractivity contribution in [3.63, 3.8) is 0 Å². The van der Waals surface area contributed by atoms with Crippen molar-refractivity contribution in [2.24, 2.45) is 0 Å². The summed E-state index contributed by atoms with van der Waals surface area (Å²) in [7, 11) is -0.168. The maximum absolute atomic E-state index is 8.89. The molecule has 0 amide bonds. The van der Waals surface area contributed by atoms with Gasteiger partial charge in [-0.1, -0.05) is 18.2 Å². The summed E-state index contributed by atoms with van der Waals surface area (Å²) in [5.74, 6) is 0.733. The molecule has 4 nitrogen and oxygen atoms in total. The van der Waals surface area contributed by atoms with E-state index in [2.05, 4.69) is 78.9 Å². The van der Waals surface area contributed by atoms with E-state index in [9.17, 15) is 0 Å². The van der Waals surface area contributed by atoms with Gasteiger partial charge in [0, 0.05) is 5.97 Å². The van der Waals surface area contributed by atoms with Gasteiger partial charge in [-0.2, -0.15) is 0 Å². The first-order chi connectivity index (χ1) is 14.8. The van der Waals surface area contributed by atoms with Crippen LogP contribution in [0.1, 0.15) is 34.6 Å². The fourth-order valence-corrected chi connectivity index (χ4v) is 4.88. The van der Waals surface area contributed by atoms with Gasteiger partial charge in [-0.3, -0.25) is 0 Å². The largest absolute Gasteiger partial charge is 0.550 e. The fraction of sp³-hybridized carbons (Fsp3) is 0.269. The van der Waals surface area contributed by atoms with E-state index in [1.54, 1.807) is 0 Å². The Morgan fingerprint density at radius 3 is 1.32 bits per heavy atom. The molecule has 3 aromatic rings. The van der Waals surface area contributed by atoms with Gasteiger partial charge in [0.05, 0.1) is 23.1 Å². The highest BCUT2D eigenvalue weighted by atomic mass is 32.2. The topological polar surface area (TPSA) is 58.6 Å². The molecule has 0 spiro atoms. The molecule has 0 saturated carbocycles. The van der Waals surface area contributed by atoms with Gasteiger partial charge in [0.25, 0.3) is 0 Å². The molecule has 0 aliphatic heterocycles. The van der Waals surface area contributed by atoms with Gasteiger partial charge in [-0.05, 0) is 95.3 Å². The van der Waals surface area contributed by atoms with Crippen molar-refractivity contribution in [1.29, 1.82) is 0 Å². The van der Waals surface area contributed by atoms with Crippen molar-refractivity contribution in [1.82, 2.24) is 0 Å². The molecule has 0 aliphatic carbocycles. The van der Waals surface area contributed by atoms with Crippen molar-refractivity contribution in [2.75, 3.05) is 0 Å². The Bertz CT molecular complexity index is 862. The summed E-state index contributed by atoms with van der Waals surface area (Å²) in [5, 5.41) is 8.89. The van der Waals surface area contributed by atoms with E-state index in [0.29, 0.717) is 0 Å². The Hall–Kier alpha value is -2.92. The standard InChI is InChI=1S/C24H27O2S.C2H4O2/c1-18(2)25-20-10-14-23(15-11-20)27(22-8-6-5-7-9-22)24-16-12-21(13-17-24)26-19(3)4;1-2(3)4/h5-19H,1-4H3;1H3,(H,3,4)/q+1;/p-1. The van der Waals surface area contributed by atoms with Gasteiger partial charge in [-0.15, -0.1) is 0 Å².